The molecule has 1 aromatic rings. The van der Waals surface area contributed by atoms with Crippen molar-refractivity contribution in [1.82, 2.24) is 0 Å². The van der Waals surface area contributed by atoms with Crippen molar-refractivity contribution in [2.75, 3.05) is 5.73 Å². The van der Waals surface area contributed by atoms with Gasteiger partial charge in [-0.1, -0.05) is 6.92 Å². The Bertz CT molecular complexity index is 347. The number of carbonyl (C=O) groups is 1. The van der Waals surface area contributed by atoms with Crippen LogP contribution in [0.2, 0.25) is 0 Å². The van der Waals surface area contributed by atoms with Crippen molar-refractivity contribution in [3.05, 3.63) is 29.3 Å². The molecular weight excluding hydrogens is 198 g/mol. The van der Waals surface area contributed by atoms with Crippen molar-refractivity contribution in [2.24, 2.45) is 0 Å². The molecule has 1 rings (SSSR count). The number of halogens is 1. The number of ketones is 1. The summed E-state index contributed by atoms with van der Waals surface area (Å²) in [5.41, 5.74) is 7.96. The minimum absolute atomic E-state index is 0.0753. The predicted molar refractivity (Wildman–Crippen MR) is 59.9 cm³/mol. The van der Waals surface area contributed by atoms with Gasteiger partial charge in [0.1, 0.15) is 0 Å². The average Bonchev–Trinajstić information content (AvgIpc) is 2.15. The van der Waals surface area contributed by atoms with Crippen LogP contribution in [0.5, 0.6) is 0 Å². The molecule has 0 saturated carbocycles. The van der Waals surface area contributed by atoms with Crippen molar-refractivity contribution >= 4 is 23.1 Å². The van der Waals surface area contributed by atoms with Crippen LogP contribution in [0.1, 0.15) is 29.8 Å². The molecule has 0 aliphatic heterocycles. The fourth-order valence-corrected chi connectivity index (χ4v) is 1.42. The van der Waals surface area contributed by atoms with Gasteiger partial charge in [0.05, 0.1) is 5.38 Å². The molecule has 1 aromatic carbocycles. The van der Waals surface area contributed by atoms with E-state index in [0.29, 0.717) is 11.3 Å². The highest BCUT2D eigenvalue weighted by molar-refractivity contribution is 6.33. The molecule has 2 N–H and O–H groups in total. The molecule has 0 fully saturated rings. The van der Waals surface area contributed by atoms with E-state index in [1.165, 1.54) is 0 Å². The lowest BCUT2D eigenvalue weighted by Crippen LogP contribution is -2.11. The topological polar surface area (TPSA) is 43.1 Å². The average molecular weight is 212 g/mol. The van der Waals surface area contributed by atoms with Crippen LogP contribution in [0.3, 0.4) is 0 Å². The molecule has 0 bridgehead atoms. The molecule has 3 heteroatoms. The number of hydrogen-bond donors (Lipinski definition) is 1. The minimum atomic E-state index is -0.499. The Hall–Kier alpha value is -1.02. The lowest BCUT2D eigenvalue weighted by atomic mass is 10.0. The van der Waals surface area contributed by atoms with Crippen molar-refractivity contribution in [2.45, 2.75) is 25.6 Å². The lowest BCUT2D eigenvalue weighted by Gasteiger charge is -2.06. The van der Waals surface area contributed by atoms with Gasteiger partial charge >= 0.3 is 0 Å². The quantitative estimate of drug-likeness (QED) is 0.475. The summed E-state index contributed by atoms with van der Waals surface area (Å²) >= 11 is 5.72. The summed E-state index contributed by atoms with van der Waals surface area (Å²) in [6, 6.07) is 5.38. The van der Waals surface area contributed by atoms with Crippen molar-refractivity contribution in [3.63, 3.8) is 0 Å². The van der Waals surface area contributed by atoms with E-state index >= 15 is 0 Å². The first-order valence-corrected chi connectivity index (χ1v) is 5.06. The third-order valence-corrected chi connectivity index (χ3v) is 2.27. The number of rotatable bonds is 3. The molecule has 2 nitrogen and oxygen atoms in total. The molecule has 1 atom stereocenters. The van der Waals surface area contributed by atoms with Gasteiger partial charge < -0.3 is 5.73 Å². The predicted octanol–water partition coefficient (Wildman–Crippen LogP) is 2.64. The first-order chi connectivity index (χ1) is 6.54. The van der Waals surface area contributed by atoms with E-state index in [0.717, 1.165) is 12.0 Å². The highest BCUT2D eigenvalue weighted by Gasteiger charge is 2.12. The summed E-state index contributed by atoms with van der Waals surface area (Å²) in [5.74, 6) is -0.0753. The maximum atomic E-state index is 11.6. The van der Waals surface area contributed by atoms with Gasteiger partial charge in [0.15, 0.2) is 5.78 Å². The molecule has 0 aliphatic rings. The monoisotopic (exact) mass is 211 g/mol. The number of aryl methyl sites for hydroxylation is 1. The normalized spacial score (nSPS) is 12.5. The molecule has 0 aromatic heterocycles. The first-order valence-electron chi connectivity index (χ1n) is 4.62. The van der Waals surface area contributed by atoms with Gasteiger partial charge in [-0.2, -0.15) is 0 Å². The van der Waals surface area contributed by atoms with E-state index in [4.69, 9.17) is 17.3 Å². The van der Waals surface area contributed by atoms with E-state index in [9.17, 15) is 4.79 Å². The fourth-order valence-electron chi connectivity index (χ4n) is 1.29. The number of hydrogen-bond acceptors (Lipinski definition) is 2. The third-order valence-electron chi connectivity index (χ3n) is 2.07. The first kappa shape index (κ1) is 11.1. The molecule has 0 aliphatic carbocycles. The molecule has 14 heavy (non-hydrogen) atoms. The fraction of sp³-hybridized carbons (Fsp3) is 0.364. The van der Waals surface area contributed by atoms with Crippen molar-refractivity contribution < 1.29 is 4.79 Å². The second-order valence-corrected chi connectivity index (χ2v) is 3.95. The maximum Gasteiger partial charge on any atom is 0.180 e. The maximum absolute atomic E-state index is 11.6. The Morgan fingerprint density at radius 2 is 2.14 bits per heavy atom. The van der Waals surface area contributed by atoms with E-state index < -0.39 is 5.38 Å². The number of benzene rings is 1. The highest BCUT2D eigenvalue weighted by Crippen LogP contribution is 2.15. The van der Waals surface area contributed by atoms with Crippen LogP contribution in [0, 0.1) is 0 Å². The summed E-state index contributed by atoms with van der Waals surface area (Å²) in [6.07, 6.45) is 0.863. The number of nitrogen functional groups attached to an aromatic ring is 1. The van der Waals surface area contributed by atoms with Crippen LogP contribution in [-0.2, 0) is 6.42 Å². The zero-order valence-corrected chi connectivity index (χ0v) is 9.14. The minimum Gasteiger partial charge on any atom is -0.399 e. The van der Waals surface area contributed by atoms with Gasteiger partial charge in [-0.05, 0) is 37.1 Å². The highest BCUT2D eigenvalue weighted by atomic mass is 35.5. The van der Waals surface area contributed by atoms with Crippen LogP contribution < -0.4 is 5.73 Å². The summed E-state index contributed by atoms with van der Waals surface area (Å²) in [6.45, 7) is 3.69. The Morgan fingerprint density at radius 3 is 2.64 bits per heavy atom. The standard InChI is InChI=1S/C11H14ClNO/c1-3-8-4-9(6-10(13)5-8)11(14)7(2)12/h4-7H,3,13H2,1-2H3. The third kappa shape index (κ3) is 2.48. The van der Waals surface area contributed by atoms with Crippen LogP contribution in [0.15, 0.2) is 18.2 Å². The van der Waals surface area contributed by atoms with E-state index in [-0.39, 0.29) is 5.78 Å². The number of alkyl halides is 1. The smallest absolute Gasteiger partial charge is 0.180 e. The van der Waals surface area contributed by atoms with Crippen LogP contribution in [0.4, 0.5) is 5.69 Å². The molecule has 76 valence electrons. The SMILES string of the molecule is CCc1cc(N)cc(C(=O)C(C)Cl)c1. The van der Waals surface area contributed by atoms with E-state index in [1.54, 1.807) is 13.0 Å². The van der Waals surface area contributed by atoms with Crippen LogP contribution in [0.25, 0.3) is 0 Å². The summed E-state index contributed by atoms with van der Waals surface area (Å²) in [5, 5.41) is -0.499. The van der Waals surface area contributed by atoms with Gasteiger partial charge in [0.25, 0.3) is 0 Å². The molecule has 0 saturated heterocycles. The number of anilines is 1. The number of nitrogens with two attached hydrogens (primary N) is 1. The van der Waals surface area contributed by atoms with Crippen molar-refractivity contribution in [3.8, 4) is 0 Å². The van der Waals surface area contributed by atoms with Crippen molar-refractivity contribution in [1.29, 1.82) is 0 Å². The van der Waals surface area contributed by atoms with Crippen LogP contribution >= 0.6 is 11.6 Å². The Morgan fingerprint density at radius 1 is 1.50 bits per heavy atom. The van der Waals surface area contributed by atoms with E-state index in [2.05, 4.69) is 0 Å². The summed E-state index contributed by atoms with van der Waals surface area (Å²) < 4.78 is 0. The molecular formula is C11H14ClNO. The summed E-state index contributed by atoms with van der Waals surface area (Å²) in [4.78, 5) is 11.6. The molecule has 0 amide bonds. The van der Waals surface area contributed by atoms with Gasteiger partial charge in [0, 0.05) is 11.3 Å². The summed E-state index contributed by atoms with van der Waals surface area (Å²) in [7, 11) is 0. The largest absolute Gasteiger partial charge is 0.399 e. The molecule has 0 heterocycles. The molecule has 0 spiro atoms. The van der Waals surface area contributed by atoms with Gasteiger partial charge in [-0.25, -0.2) is 0 Å². The zero-order chi connectivity index (χ0) is 10.7. The second-order valence-electron chi connectivity index (χ2n) is 3.30. The number of carbonyl (C=O) groups excluding carboxylic acids is 1. The molecule has 0 radical (unpaired) electrons. The van der Waals surface area contributed by atoms with Crippen LogP contribution in [-0.4, -0.2) is 11.2 Å². The second kappa shape index (κ2) is 4.47. The van der Waals surface area contributed by atoms with E-state index in [1.807, 2.05) is 19.1 Å². The lowest BCUT2D eigenvalue weighted by molar-refractivity contribution is 0.0991. The zero-order valence-electron chi connectivity index (χ0n) is 8.38. The Balaban J connectivity index is 3.09. The van der Waals surface area contributed by atoms with Gasteiger partial charge in [-0.15, -0.1) is 11.6 Å². The Labute approximate surface area is 89.1 Å². The van der Waals surface area contributed by atoms with Gasteiger partial charge in [-0.3, -0.25) is 4.79 Å². The van der Waals surface area contributed by atoms with Gasteiger partial charge in [0.2, 0.25) is 0 Å². The Kier molecular flexibility index (Phi) is 3.53. The number of Topliss-reactive ketones (excluding diaryl/α,β-unsaturated/α-hetero) is 1. The molecule has 1 unspecified atom stereocenters.